The number of methoxy groups -OCH3 is 1. The molecule has 0 atom stereocenters. The predicted octanol–water partition coefficient (Wildman–Crippen LogP) is -0.495. The van der Waals surface area contributed by atoms with Crippen LogP contribution in [0.25, 0.3) is 0 Å². The summed E-state index contributed by atoms with van der Waals surface area (Å²) in [4.78, 5) is 32.0. The molecule has 0 aliphatic carbocycles. The van der Waals surface area contributed by atoms with E-state index in [9.17, 15) is 24.8 Å². The number of hydrogen-bond acceptors (Lipinski definition) is 7. The van der Waals surface area contributed by atoms with Crippen LogP contribution >= 0.6 is 0 Å². The molecule has 0 saturated carbocycles. The molecule has 2 amide bonds. The number of carbonyl (C=O) groups is 2. The fraction of sp³-hybridized carbons (Fsp3) is 0.182. The molecule has 0 aliphatic heterocycles. The minimum Gasteiger partial charge on any atom is -0.500 e. The number of benzene rings is 1. The van der Waals surface area contributed by atoms with Crippen LogP contribution in [0.15, 0.2) is 17.2 Å². The average molecular weight is 296 g/mol. The van der Waals surface area contributed by atoms with Gasteiger partial charge in [0.2, 0.25) is 5.75 Å². The van der Waals surface area contributed by atoms with Crippen LogP contribution in [0.5, 0.6) is 11.5 Å². The molecule has 0 spiro atoms. The highest BCUT2D eigenvalue weighted by atomic mass is 16.6. The van der Waals surface area contributed by atoms with Crippen molar-refractivity contribution < 1.29 is 24.4 Å². The predicted molar refractivity (Wildman–Crippen MR) is 71.1 cm³/mol. The van der Waals surface area contributed by atoms with Crippen molar-refractivity contribution in [2.45, 2.75) is 0 Å². The van der Waals surface area contributed by atoms with E-state index in [1.54, 1.807) is 0 Å². The summed E-state index contributed by atoms with van der Waals surface area (Å²) < 4.78 is 4.79. The monoisotopic (exact) mass is 296 g/mol. The van der Waals surface area contributed by atoms with E-state index < -0.39 is 28.2 Å². The van der Waals surface area contributed by atoms with Gasteiger partial charge in [-0.05, 0) is 6.07 Å². The second-order valence-electron chi connectivity index (χ2n) is 3.63. The molecule has 0 bridgehead atoms. The summed E-state index contributed by atoms with van der Waals surface area (Å²) in [5, 5.41) is 25.9. The molecule has 10 nitrogen and oxygen atoms in total. The minimum atomic E-state index is -0.992. The number of rotatable bonds is 4. The fourth-order valence-electron chi connectivity index (χ4n) is 1.31. The number of amides is 2. The summed E-state index contributed by atoms with van der Waals surface area (Å²) in [6.07, 6.45) is 1.07. The first-order valence-electron chi connectivity index (χ1n) is 5.51. The highest BCUT2D eigenvalue weighted by molar-refractivity contribution is 6.34. The molecule has 0 radical (unpaired) electrons. The molecule has 0 heterocycles. The maximum absolute atomic E-state index is 11.1. The van der Waals surface area contributed by atoms with Crippen molar-refractivity contribution >= 4 is 23.7 Å². The molecule has 0 aromatic heterocycles. The van der Waals surface area contributed by atoms with Gasteiger partial charge in [-0.2, -0.15) is 5.10 Å². The fourth-order valence-corrected chi connectivity index (χ4v) is 1.31. The molecule has 10 heteroatoms. The number of ether oxygens (including phenoxy) is 1. The van der Waals surface area contributed by atoms with E-state index in [0.29, 0.717) is 0 Å². The SMILES string of the molecule is CNC(=O)C(=O)N/N=C\c1cc(OC)c(O)c([N+](=O)[O-])c1. The molecule has 0 unspecified atom stereocenters. The van der Waals surface area contributed by atoms with E-state index >= 15 is 0 Å². The van der Waals surface area contributed by atoms with E-state index in [1.807, 2.05) is 5.43 Å². The molecule has 1 aromatic carbocycles. The molecule has 0 saturated heterocycles. The van der Waals surface area contributed by atoms with Gasteiger partial charge < -0.3 is 15.2 Å². The smallest absolute Gasteiger partial charge is 0.329 e. The highest BCUT2D eigenvalue weighted by Crippen LogP contribution is 2.36. The summed E-state index contributed by atoms with van der Waals surface area (Å²) >= 11 is 0. The lowest BCUT2D eigenvalue weighted by atomic mass is 10.2. The number of nitro benzene ring substituents is 1. The second-order valence-corrected chi connectivity index (χ2v) is 3.63. The highest BCUT2D eigenvalue weighted by Gasteiger charge is 2.19. The van der Waals surface area contributed by atoms with Crippen LogP contribution in [0.1, 0.15) is 5.56 Å². The molecule has 1 rings (SSSR count). The molecule has 3 N–H and O–H groups in total. The first-order chi connectivity index (χ1) is 9.90. The first kappa shape index (κ1) is 15.9. The quantitative estimate of drug-likeness (QED) is 0.296. The zero-order valence-corrected chi connectivity index (χ0v) is 11.1. The van der Waals surface area contributed by atoms with E-state index in [0.717, 1.165) is 12.3 Å². The zero-order chi connectivity index (χ0) is 16.0. The average Bonchev–Trinajstić information content (AvgIpc) is 2.47. The Morgan fingerprint density at radius 3 is 2.62 bits per heavy atom. The first-order valence-corrected chi connectivity index (χ1v) is 5.51. The van der Waals surface area contributed by atoms with E-state index in [1.165, 1.54) is 20.2 Å². The third-order valence-electron chi connectivity index (χ3n) is 2.31. The van der Waals surface area contributed by atoms with Crippen LogP contribution < -0.4 is 15.5 Å². The van der Waals surface area contributed by atoms with Gasteiger partial charge in [0, 0.05) is 18.7 Å². The molecule has 1 aromatic rings. The van der Waals surface area contributed by atoms with Crippen LogP contribution in [-0.4, -0.2) is 42.2 Å². The molecule has 112 valence electrons. The van der Waals surface area contributed by atoms with Crippen molar-refractivity contribution in [3.05, 3.63) is 27.8 Å². The van der Waals surface area contributed by atoms with Crippen LogP contribution in [0.4, 0.5) is 5.69 Å². The number of carbonyl (C=O) groups excluding carboxylic acids is 2. The number of nitrogens with one attached hydrogen (secondary N) is 2. The Kier molecular flexibility index (Phi) is 5.17. The topological polar surface area (TPSA) is 143 Å². The number of hydrazone groups is 1. The van der Waals surface area contributed by atoms with Crippen molar-refractivity contribution in [2.24, 2.45) is 5.10 Å². The number of nitro groups is 1. The van der Waals surface area contributed by atoms with Gasteiger partial charge in [0.25, 0.3) is 0 Å². The number of nitrogens with zero attached hydrogens (tertiary/aromatic N) is 2. The van der Waals surface area contributed by atoms with Crippen LogP contribution in [0.3, 0.4) is 0 Å². The number of hydrogen-bond donors (Lipinski definition) is 3. The van der Waals surface area contributed by atoms with Crippen LogP contribution in [0.2, 0.25) is 0 Å². The van der Waals surface area contributed by atoms with Crippen LogP contribution in [-0.2, 0) is 9.59 Å². The van der Waals surface area contributed by atoms with Gasteiger partial charge in [-0.15, -0.1) is 0 Å². The minimum absolute atomic E-state index is 0.122. The van der Waals surface area contributed by atoms with E-state index in [-0.39, 0.29) is 11.3 Å². The number of phenols is 1. The van der Waals surface area contributed by atoms with Crippen molar-refractivity contribution in [3.8, 4) is 11.5 Å². The van der Waals surface area contributed by atoms with Gasteiger partial charge in [-0.1, -0.05) is 0 Å². The van der Waals surface area contributed by atoms with Crippen molar-refractivity contribution in [2.75, 3.05) is 14.2 Å². The third kappa shape index (κ3) is 3.89. The second kappa shape index (κ2) is 6.84. The number of phenolic OH excluding ortho intramolecular Hbond substituents is 1. The Morgan fingerprint density at radius 1 is 1.43 bits per heavy atom. The third-order valence-corrected chi connectivity index (χ3v) is 2.31. The Labute approximate surface area is 118 Å². The zero-order valence-electron chi connectivity index (χ0n) is 11.1. The maximum Gasteiger partial charge on any atom is 0.329 e. The Bertz CT molecular complexity index is 613. The molecule has 21 heavy (non-hydrogen) atoms. The lowest BCUT2D eigenvalue weighted by Crippen LogP contribution is -2.35. The van der Waals surface area contributed by atoms with Crippen LogP contribution in [0, 0.1) is 10.1 Å². The largest absolute Gasteiger partial charge is 0.500 e. The lowest BCUT2D eigenvalue weighted by Gasteiger charge is -2.05. The van der Waals surface area contributed by atoms with E-state index in [2.05, 4.69) is 10.4 Å². The summed E-state index contributed by atoms with van der Waals surface area (Å²) in [6, 6.07) is 2.31. The van der Waals surface area contributed by atoms with Gasteiger partial charge in [0.1, 0.15) is 0 Å². The Balaban J connectivity index is 2.98. The summed E-state index contributed by atoms with van der Waals surface area (Å²) in [5.41, 5.74) is 1.54. The molecule has 0 fully saturated rings. The van der Waals surface area contributed by atoms with Gasteiger partial charge in [0.05, 0.1) is 18.2 Å². The maximum atomic E-state index is 11.1. The summed E-state index contributed by atoms with van der Waals surface area (Å²) in [6.45, 7) is 0. The van der Waals surface area contributed by atoms with Gasteiger partial charge in [0.15, 0.2) is 5.75 Å². The van der Waals surface area contributed by atoms with Crippen molar-refractivity contribution in [3.63, 3.8) is 0 Å². The number of aromatic hydroxyl groups is 1. The van der Waals surface area contributed by atoms with Crippen molar-refractivity contribution in [1.82, 2.24) is 10.7 Å². The van der Waals surface area contributed by atoms with Gasteiger partial charge in [-0.25, -0.2) is 5.43 Å². The Morgan fingerprint density at radius 2 is 2.10 bits per heavy atom. The molecule has 0 aliphatic rings. The summed E-state index contributed by atoms with van der Waals surface area (Å²) in [7, 11) is 2.51. The van der Waals surface area contributed by atoms with Crippen molar-refractivity contribution in [1.29, 1.82) is 0 Å². The van der Waals surface area contributed by atoms with E-state index in [4.69, 9.17) is 4.74 Å². The lowest BCUT2D eigenvalue weighted by molar-refractivity contribution is -0.386. The molecular formula is C11H12N4O6. The normalized spacial score (nSPS) is 10.2. The standard InChI is InChI=1S/C11H12N4O6/c1-12-10(17)11(18)14-13-5-6-3-7(15(19)20)9(16)8(4-6)21-2/h3-5,16H,1-2H3,(H,12,17)(H,14,18)/b13-5-. The van der Waals surface area contributed by atoms with Gasteiger partial charge in [-0.3, -0.25) is 19.7 Å². The molecular weight excluding hydrogens is 284 g/mol. The number of likely N-dealkylation sites (N-methyl/N-ethyl adjacent to an activating group) is 1. The van der Waals surface area contributed by atoms with Gasteiger partial charge >= 0.3 is 17.5 Å². The summed E-state index contributed by atoms with van der Waals surface area (Å²) in [5.74, 6) is -2.62. The Hall–Kier alpha value is -3.17.